The second-order valence-electron chi connectivity index (χ2n) is 4.13. The molecule has 0 aliphatic carbocycles. The van der Waals surface area contributed by atoms with Crippen LogP contribution in [-0.4, -0.2) is 20.2 Å². The summed E-state index contributed by atoms with van der Waals surface area (Å²) in [6.45, 7) is 4.25. The lowest BCUT2D eigenvalue weighted by Crippen LogP contribution is -2.31. The van der Waals surface area contributed by atoms with Gasteiger partial charge in [-0.3, -0.25) is 0 Å². The number of rotatable bonds is 5. The molecule has 0 aromatic heterocycles. The van der Waals surface area contributed by atoms with Crippen LogP contribution in [-0.2, 0) is 0 Å². The van der Waals surface area contributed by atoms with Crippen molar-refractivity contribution in [2.24, 2.45) is 0 Å². The van der Waals surface area contributed by atoms with E-state index in [1.807, 2.05) is 7.05 Å². The molecule has 0 spiro atoms. The van der Waals surface area contributed by atoms with E-state index in [-0.39, 0.29) is 5.75 Å². The number of nitrogens with two attached hydrogens (primary N) is 1. The van der Waals surface area contributed by atoms with Crippen LogP contribution in [0.1, 0.15) is 26.7 Å². The maximum Gasteiger partial charge on any atom is 0.167 e. The Morgan fingerprint density at radius 1 is 1.35 bits per heavy atom. The SMILES string of the molecule is CCC(CC)N(C)c1cc(OC)c(F)cc1N. The molecule has 1 aromatic carbocycles. The molecule has 0 unspecified atom stereocenters. The predicted molar refractivity (Wildman–Crippen MR) is 70.1 cm³/mol. The molecule has 4 heteroatoms. The second kappa shape index (κ2) is 5.75. The van der Waals surface area contributed by atoms with Gasteiger partial charge in [0.1, 0.15) is 0 Å². The van der Waals surface area contributed by atoms with Crippen LogP contribution in [0.3, 0.4) is 0 Å². The maximum absolute atomic E-state index is 13.4. The van der Waals surface area contributed by atoms with Crippen molar-refractivity contribution in [3.63, 3.8) is 0 Å². The number of hydrogen-bond acceptors (Lipinski definition) is 3. The van der Waals surface area contributed by atoms with Crippen LogP contribution in [0.5, 0.6) is 5.75 Å². The molecule has 0 bridgehead atoms. The van der Waals surface area contributed by atoms with Gasteiger partial charge in [-0.25, -0.2) is 4.39 Å². The van der Waals surface area contributed by atoms with Gasteiger partial charge in [-0.15, -0.1) is 0 Å². The topological polar surface area (TPSA) is 38.5 Å². The van der Waals surface area contributed by atoms with Crippen molar-refractivity contribution < 1.29 is 9.13 Å². The first-order chi connectivity index (χ1) is 8.04. The largest absolute Gasteiger partial charge is 0.494 e. The third kappa shape index (κ3) is 2.81. The number of hydrogen-bond donors (Lipinski definition) is 1. The zero-order valence-corrected chi connectivity index (χ0v) is 11.0. The van der Waals surface area contributed by atoms with Crippen LogP contribution in [0.2, 0.25) is 0 Å². The molecule has 0 fully saturated rings. The fourth-order valence-corrected chi connectivity index (χ4v) is 2.05. The Hall–Kier alpha value is -1.45. The number of anilines is 2. The zero-order valence-electron chi connectivity index (χ0n) is 11.0. The van der Waals surface area contributed by atoms with Gasteiger partial charge in [0.25, 0.3) is 0 Å². The summed E-state index contributed by atoms with van der Waals surface area (Å²) >= 11 is 0. The van der Waals surface area contributed by atoms with Crippen LogP contribution >= 0.6 is 0 Å². The number of halogens is 1. The first kappa shape index (κ1) is 13.6. The zero-order chi connectivity index (χ0) is 13.0. The summed E-state index contributed by atoms with van der Waals surface area (Å²) in [7, 11) is 3.43. The molecule has 17 heavy (non-hydrogen) atoms. The molecule has 0 saturated carbocycles. The lowest BCUT2D eigenvalue weighted by molar-refractivity contribution is 0.386. The lowest BCUT2D eigenvalue weighted by Gasteiger charge is -2.29. The molecular weight excluding hydrogens is 219 g/mol. The van der Waals surface area contributed by atoms with E-state index in [1.165, 1.54) is 13.2 Å². The Bertz CT molecular complexity index is 378. The summed E-state index contributed by atoms with van der Waals surface area (Å²) in [4.78, 5) is 2.08. The van der Waals surface area contributed by atoms with Gasteiger partial charge in [-0.2, -0.15) is 0 Å². The normalized spacial score (nSPS) is 10.7. The molecule has 2 N–H and O–H groups in total. The number of nitrogens with zero attached hydrogens (tertiary/aromatic N) is 1. The van der Waals surface area contributed by atoms with Crippen LogP contribution < -0.4 is 15.4 Å². The van der Waals surface area contributed by atoms with E-state index in [9.17, 15) is 4.39 Å². The monoisotopic (exact) mass is 240 g/mol. The Labute approximate surface area is 102 Å². The minimum Gasteiger partial charge on any atom is -0.494 e. The van der Waals surface area contributed by atoms with E-state index in [0.29, 0.717) is 11.7 Å². The van der Waals surface area contributed by atoms with Crippen molar-refractivity contribution in [3.8, 4) is 5.75 Å². The summed E-state index contributed by atoms with van der Waals surface area (Å²) in [6, 6.07) is 3.36. The molecule has 0 aliphatic heterocycles. The lowest BCUT2D eigenvalue weighted by atomic mass is 10.1. The van der Waals surface area contributed by atoms with Crippen LogP contribution in [0.15, 0.2) is 12.1 Å². The Kier molecular flexibility index (Phi) is 4.61. The summed E-state index contributed by atoms with van der Waals surface area (Å²) in [5, 5.41) is 0. The van der Waals surface area contributed by atoms with Crippen LogP contribution in [0.4, 0.5) is 15.8 Å². The predicted octanol–water partition coefficient (Wildman–Crippen LogP) is 3.04. The van der Waals surface area contributed by atoms with Gasteiger partial charge in [0, 0.05) is 25.2 Å². The smallest absolute Gasteiger partial charge is 0.167 e. The highest BCUT2D eigenvalue weighted by Crippen LogP contribution is 2.32. The molecule has 0 saturated heterocycles. The minimum atomic E-state index is -0.424. The summed E-state index contributed by atoms with van der Waals surface area (Å²) in [5.41, 5.74) is 7.11. The molecule has 96 valence electrons. The molecule has 1 rings (SSSR count). The first-order valence-corrected chi connectivity index (χ1v) is 5.90. The van der Waals surface area contributed by atoms with Crippen molar-refractivity contribution in [1.29, 1.82) is 0 Å². The number of ether oxygens (including phenoxy) is 1. The van der Waals surface area contributed by atoms with E-state index >= 15 is 0 Å². The third-order valence-electron chi connectivity index (χ3n) is 3.17. The van der Waals surface area contributed by atoms with Gasteiger partial charge >= 0.3 is 0 Å². The van der Waals surface area contributed by atoms with Crippen molar-refractivity contribution in [3.05, 3.63) is 17.9 Å². The van der Waals surface area contributed by atoms with E-state index in [2.05, 4.69) is 18.7 Å². The molecule has 1 aromatic rings. The Morgan fingerprint density at radius 2 is 1.94 bits per heavy atom. The van der Waals surface area contributed by atoms with Gasteiger partial charge < -0.3 is 15.4 Å². The minimum absolute atomic E-state index is 0.229. The standard InChI is InChI=1S/C13H21FN2O/c1-5-9(6-2)16(3)12-8-13(17-4)10(14)7-11(12)15/h7-9H,5-6,15H2,1-4H3. The van der Waals surface area contributed by atoms with Gasteiger partial charge in [0.15, 0.2) is 11.6 Å². The first-order valence-electron chi connectivity index (χ1n) is 5.90. The summed E-state index contributed by atoms with van der Waals surface area (Å²) in [5.74, 6) is -0.196. The third-order valence-corrected chi connectivity index (χ3v) is 3.17. The average molecular weight is 240 g/mol. The fraction of sp³-hybridized carbons (Fsp3) is 0.538. The second-order valence-corrected chi connectivity index (χ2v) is 4.13. The molecule has 0 heterocycles. The highest BCUT2D eigenvalue weighted by molar-refractivity contribution is 5.70. The number of benzene rings is 1. The summed E-state index contributed by atoms with van der Waals surface area (Å²) in [6.07, 6.45) is 2.04. The molecule has 3 nitrogen and oxygen atoms in total. The van der Waals surface area contributed by atoms with Crippen molar-refractivity contribution >= 4 is 11.4 Å². The van der Waals surface area contributed by atoms with Gasteiger partial charge in [0.05, 0.1) is 18.5 Å². The van der Waals surface area contributed by atoms with Crippen molar-refractivity contribution in [1.82, 2.24) is 0 Å². The van der Waals surface area contributed by atoms with E-state index in [4.69, 9.17) is 10.5 Å². The number of methoxy groups -OCH3 is 1. The molecule has 0 amide bonds. The fourth-order valence-electron chi connectivity index (χ4n) is 2.05. The quantitative estimate of drug-likeness (QED) is 0.804. The Balaban J connectivity index is 3.12. The highest BCUT2D eigenvalue weighted by Gasteiger charge is 2.16. The van der Waals surface area contributed by atoms with Crippen molar-refractivity contribution in [2.75, 3.05) is 24.8 Å². The average Bonchev–Trinajstić information content (AvgIpc) is 2.30. The van der Waals surface area contributed by atoms with Crippen molar-refractivity contribution in [2.45, 2.75) is 32.7 Å². The van der Waals surface area contributed by atoms with Gasteiger partial charge in [0.2, 0.25) is 0 Å². The van der Waals surface area contributed by atoms with Gasteiger partial charge in [-0.1, -0.05) is 13.8 Å². The molecule has 0 atom stereocenters. The molecular formula is C13H21FN2O. The van der Waals surface area contributed by atoms with E-state index in [0.717, 1.165) is 18.5 Å². The molecule has 0 radical (unpaired) electrons. The highest BCUT2D eigenvalue weighted by atomic mass is 19.1. The van der Waals surface area contributed by atoms with E-state index in [1.54, 1.807) is 6.07 Å². The maximum atomic E-state index is 13.4. The number of nitrogen functional groups attached to an aromatic ring is 1. The van der Waals surface area contributed by atoms with Crippen LogP contribution in [0, 0.1) is 5.82 Å². The van der Waals surface area contributed by atoms with Crippen LogP contribution in [0.25, 0.3) is 0 Å². The summed E-state index contributed by atoms with van der Waals surface area (Å²) < 4.78 is 18.4. The van der Waals surface area contributed by atoms with E-state index < -0.39 is 5.82 Å². The Morgan fingerprint density at radius 3 is 2.41 bits per heavy atom. The van der Waals surface area contributed by atoms with Gasteiger partial charge in [-0.05, 0) is 12.8 Å². The molecule has 0 aliphatic rings.